The Morgan fingerprint density at radius 2 is 1.95 bits per heavy atom. The Morgan fingerprint density at radius 1 is 1.19 bits per heavy atom. The summed E-state index contributed by atoms with van der Waals surface area (Å²) in [5.74, 6) is 2.25. The van der Waals surface area contributed by atoms with Crippen molar-refractivity contribution in [2.24, 2.45) is 7.05 Å². The van der Waals surface area contributed by atoms with Gasteiger partial charge in [0.25, 0.3) is 0 Å². The second-order valence-corrected chi connectivity index (χ2v) is 10.3. The number of carbonyl (C=O) groups excluding carboxylic acids is 1. The summed E-state index contributed by atoms with van der Waals surface area (Å²) >= 11 is 0. The summed E-state index contributed by atoms with van der Waals surface area (Å²) in [6.45, 7) is 13.7. The minimum atomic E-state index is -0.432. The first kappa shape index (κ1) is 26.5. The van der Waals surface area contributed by atoms with Gasteiger partial charge in [-0.05, 0) is 12.1 Å². The van der Waals surface area contributed by atoms with Gasteiger partial charge in [0.05, 0.1) is 12.3 Å². The molecule has 0 radical (unpaired) electrons. The summed E-state index contributed by atoms with van der Waals surface area (Å²) in [5, 5.41) is 16.1. The van der Waals surface area contributed by atoms with E-state index in [1.165, 1.54) is 0 Å². The molecule has 1 saturated heterocycles. The predicted octanol–water partition coefficient (Wildman–Crippen LogP) is 3.69. The number of aromatic nitrogens is 2. The van der Waals surface area contributed by atoms with Crippen molar-refractivity contribution in [3.05, 3.63) is 60.6 Å². The lowest BCUT2D eigenvalue weighted by Crippen LogP contribution is -2.50. The van der Waals surface area contributed by atoms with Crippen molar-refractivity contribution < 1.29 is 14.3 Å². The van der Waals surface area contributed by atoms with E-state index in [-0.39, 0.29) is 11.3 Å². The fraction of sp³-hybridized carbons (Fsp3) is 0.429. The number of nitrogens with one attached hydrogen (secondary N) is 3. The number of amides is 1. The molecular formula is C28H38N6O3. The SMILES string of the molecule is C=C(Nc1ccc(OCCN2CCOC(C(=O)NC)C2)c2ccccc12)Nc1cc(C(C)(C)C)nn1C. The van der Waals surface area contributed by atoms with E-state index in [1.54, 1.807) is 7.05 Å². The molecule has 2 aromatic carbocycles. The van der Waals surface area contributed by atoms with E-state index < -0.39 is 6.10 Å². The highest BCUT2D eigenvalue weighted by Gasteiger charge is 2.25. The molecule has 1 aliphatic rings. The molecule has 1 atom stereocenters. The predicted molar refractivity (Wildman–Crippen MR) is 148 cm³/mol. The van der Waals surface area contributed by atoms with Crippen LogP contribution in [0.1, 0.15) is 26.5 Å². The molecule has 198 valence electrons. The molecule has 2 heterocycles. The van der Waals surface area contributed by atoms with Crippen LogP contribution in [0.3, 0.4) is 0 Å². The molecule has 0 saturated carbocycles. The molecule has 1 aromatic heterocycles. The highest BCUT2D eigenvalue weighted by atomic mass is 16.5. The third kappa shape index (κ3) is 6.42. The maximum atomic E-state index is 11.9. The van der Waals surface area contributed by atoms with Gasteiger partial charge in [0, 0.05) is 61.7 Å². The maximum absolute atomic E-state index is 11.9. The Bertz CT molecular complexity index is 1260. The molecule has 3 aromatic rings. The second kappa shape index (κ2) is 11.2. The molecule has 3 N–H and O–H groups in total. The van der Waals surface area contributed by atoms with E-state index in [4.69, 9.17) is 9.47 Å². The molecule has 1 fully saturated rings. The smallest absolute Gasteiger partial charge is 0.250 e. The summed E-state index contributed by atoms with van der Waals surface area (Å²) < 4.78 is 13.6. The van der Waals surface area contributed by atoms with Crippen LogP contribution < -0.4 is 20.7 Å². The van der Waals surface area contributed by atoms with Gasteiger partial charge in [0.1, 0.15) is 30.1 Å². The molecule has 1 unspecified atom stereocenters. The lowest BCUT2D eigenvalue weighted by atomic mass is 9.92. The highest BCUT2D eigenvalue weighted by molar-refractivity contribution is 5.98. The summed E-state index contributed by atoms with van der Waals surface area (Å²) in [6.07, 6.45) is -0.432. The molecule has 1 aliphatic heterocycles. The van der Waals surface area contributed by atoms with Gasteiger partial charge >= 0.3 is 0 Å². The Morgan fingerprint density at radius 3 is 2.65 bits per heavy atom. The van der Waals surface area contributed by atoms with Crippen molar-refractivity contribution in [3.8, 4) is 5.75 Å². The number of hydrogen-bond acceptors (Lipinski definition) is 7. The largest absolute Gasteiger partial charge is 0.492 e. The van der Waals surface area contributed by atoms with Crippen LogP contribution in [0, 0.1) is 0 Å². The number of fused-ring (bicyclic) bond motifs is 1. The molecule has 1 amide bonds. The number of rotatable bonds is 9. The minimum Gasteiger partial charge on any atom is -0.492 e. The van der Waals surface area contributed by atoms with Gasteiger partial charge in [-0.3, -0.25) is 14.4 Å². The monoisotopic (exact) mass is 506 g/mol. The zero-order chi connectivity index (χ0) is 26.6. The Hall–Kier alpha value is -3.56. The molecule has 0 aliphatic carbocycles. The quantitative estimate of drug-likeness (QED) is 0.408. The Kier molecular flexibility index (Phi) is 8.04. The standard InChI is InChI=1S/C28H38N6O3/c1-19(31-26-17-25(28(2,3)4)32-33(26)6)30-22-11-12-23(21-10-8-7-9-20(21)22)36-15-13-34-14-16-37-24(18-34)27(35)29-5/h7-12,17,24,30-31H,1,13-16,18H2,2-6H3,(H,29,35). The number of aryl methyl sites for hydroxylation is 1. The van der Waals surface area contributed by atoms with Crippen LogP contribution >= 0.6 is 0 Å². The topological polar surface area (TPSA) is 92.7 Å². The third-order valence-corrected chi connectivity index (χ3v) is 6.45. The fourth-order valence-corrected chi connectivity index (χ4v) is 4.32. The Labute approximate surface area is 218 Å². The van der Waals surface area contributed by atoms with E-state index in [2.05, 4.69) is 65.4 Å². The van der Waals surface area contributed by atoms with Crippen LogP contribution in [-0.4, -0.2) is 66.6 Å². The van der Waals surface area contributed by atoms with Gasteiger partial charge in [-0.15, -0.1) is 0 Å². The summed E-state index contributed by atoms with van der Waals surface area (Å²) in [6, 6.07) is 14.2. The lowest BCUT2D eigenvalue weighted by Gasteiger charge is -2.31. The number of hydrogen-bond donors (Lipinski definition) is 3. The van der Waals surface area contributed by atoms with E-state index in [1.807, 2.05) is 42.1 Å². The molecule has 0 spiro atoms. The molecular weight excluding hydrogens is 468 g/mol. The van der Waals surface area contributed by atoms with Gasteiger partial charge in [-0.25, -0.2) is 0 Å². The number of anilines is 2. The number of likely N-dealkylation sites (N-methyl/N-ethyl adjacent to an activating group) is 1. The van der Waals surface area contributed by atoms with Crippen LogP contribution in [0.2, 0.25) is 0 Å². The number of benzene rings is 2. The van der Waals surface area contributed by atoms with Crippen LogP contribution in [0.4, 0.5) is 11.5 Å². The van der Waals surface area contributed by atoms with E-state index in [0.717, 1.165) is 40.3 Å². The molecule has 9 heteroatoms. The zero-order valence-electron chi connectivity index (χ0n) is 22.4. The first-order valence-corrected chi connectivity index (χ1v) is 12.6. The number of nitrogens with zero attached hydrogens (tertiary/aromatic N) is 3. The van der Waals surface area contributed by atoms with Gasteiger partial charge in [0.2, 0.25) is 5.91 Å². The van der Waals surface area contributed by atoms with Crippen molar-refractivity contribution >= 4 is 28.2 Å². The van der Waals surface area contributed by atoms with Crippen LogP contribution in [-0.2, 0) is 22.0 Å². The van der Waals surface area contributed by atoms with Crippen molar-refractivity contribution in [1.29, 1.82) is 0 Å². The zero-order valence-corrected chi connectivity index (χ0v) is 22.4. The average molecular weight is 507 g/mol. The van der Waals surface area contributed by atoms with E-state index in [9.17, 15) is 4.79 Å². The summed E-state index contributed by atoms with van der Waals surface area (Å²) in [7, 11) is 3.55. The number of morpholine rings is 1. The van der Waals surface area contributed by atoms with Crippen LogP contribution in [0.25, 0.3) is 10.8 Å². The fourth-order valence-electron chi connectivity index (χ4n) is 4.32. The molecule has 0 bridgehead atoms. The molecule has 37 heavy (non-hydrogen) atoms. The highest BCUT2D eigenvalue weighted by Crippen LogP contribution is 2.32. The average Bonchev–Trinajstić information content (AvgIpc) is 3.25. The van der Waals surface area contributed by atoms with Crippen molar-refractivity contribution in [1.82, 2.24) is 20.0 Å². The van der Waals surface area contributed by atoms with Gasteiger partial charge in [-0.2, -0.15) is 5.10 Å². The molecule has 9 nitrogen and oxygen atoms in total. The van der Waals surface area contributed by atoms with Crippen LogP contribution in [0.5, 0.6) is 5.75 Å². The maximum Gasteiger partial charge on any atom is 0.250 e. The van der Waals surface area contributed by atoms with E-state index in [0.29, 0.717) is 32.1 Å². The first-order valence-electron chi connectivity index (χ1n) is 12.6. The van der Waals surface area contributed by atoms with Crippen molar-refractivity contribution in [2.45, 2.75) is 32.3 Å². The number of ether oxygens (including phenoxy) is 2. The number of carbonyl (C=O) groups is 1. The normalized spacial score (nSPS) is 16.4. The summed E-state index contributed by atoms with van der Waals surface area (Å²) in [5.41, 5.74) is 1.91. The van der Waals surface area contributed by atoms with Crippen molar-refractivity contribution in [3.63, 3.8) is 0 Å². The van der Waals surface area contributed by atoms with Gasteiger partial charge < -0.3 is 25.4 Å². The van der Waals surface area contributed by atoms with E-state index >= 15 is 0 Å². The first-order chi connectivity index (χ1) is 17.7. The minimum absolute atomic E-state index is 0.0356. The lowest BCUT2D eigenvalue weighted by molar-refractivity contribution is -0.138. The van der Waals surface area contributed by atoms with Crippen molar-refractivity contribution in [2.75, 3.05) is 50.5 Å². The second-order valence-electron chi connectivity index (χ2n) is 10.3. The third-order valence-electron chi connectivity index (χ3n) is 6.45. The van der Waals surface area contributed by atoms with Crippen LogP contribution in [0.15, 0.2) is 54.9 Å². The Balaban J connectivity index is 1.40. The van der Waals surface area contributed by atoms with Gasteiger partial charge in [-0.1, -0.05) is 51.6 Å². The molecule has 4 rings (SSSR count). The summed E-state index contributed by atoms with van der Waals surface area (Å²) in [4.78, 5) is 14.1. The van der Waals surface area contributed by atoms with Gasteiger partial charge in [0.15, 0.2) is 0 Å².